The van der Waals surface area contributed by atoms with Crippen molar-refractivity contribution in [3.63, 3.8) is 0 Å². The largest absolute Gasteiger partial charge is 0.573 e. The fourth-order valence-electron chi connectivity index (χ4n) is 2.22. The van der Waals surface area contributed by atoms with Crippen molar-refractivity contribution >= 4 is 0 Å². The van der Waals surface area contributed by atoms with Crippen LogP contribution in [0.2, 0.25) is 0 Å². The van der Waals surface area contributed by atoms with Crippen LogP contribution < -0.4 is 10.1 Å². The van der Waals surface area contributed by atoms with E-state index in [1.807, 2.05) is 0 Å². The maximum absolute atomic E-state index is 12.2. The van der Waals surface area contributed by atoms with Crippen LogP contribution in [0.4, 0.5) is 13.2 Å². The summed E-state index contributed by atoms with van der Waals surface area (Å²) in [6.45, 7) is 5.78. The Labute approximate surface area is 124 Å². The molecule has 0 bridgehead atoms. The second-order valence-electron chi connectivity index (χ2n) is 5.24. The second-order valence-corrected chi connectivity index (χ2v) is 5.24. The van der Waals surface area contributed by atoms with E-state index in [-0.39, 0.29) is 5.75 Å². The molecule has 2 nitrogen and oxygen atoms in total. The summed E-state index contributed by atoms with van der Waals surface area (Å²) in [7, 11) is 0. The van der Waals surface area contributed by atoms with Gasteiger partial charge in [0.1, 0.15) is 5.75 Å². The quantitative estimate of drug-likeness (QED) is 0.701. The third-order valence-corrected chi connectivity index (χ3v) is 3.44. The molecule has 0 aliphatic carbocycles. The van der Waals surface area contributed by atoms with Crippen LogP contribution in [-0.4, -0.2) is 12.9 Å². The molecular formula is C16H24F3NO. The zero-order valence-electron chi connectivity index (χ0n) is 12.7. The van der Waals surface area contributed by atoms with E-state index in [1.54, 1.807) is 12.1 Å². The third kappa shape index (κ3) is 7.95. The molecule has 0 fully saturated rings. The van der Waals surface area contributed by atoms with Crippen molar-refractivity contribution in [3.05, 3.63) is 29.8 Å². The summed E-state index contributed by atoms with van der Waals surface area (Å²) >= 11 is 0. The molecule has 0 aliphatic heterocycles. The summed E-state index contributed by atoms with van der Waals surface area (Å²) in [5, 5.41) is 3.31. The number of ether oxygens (including phenoxy) is 1. The zero-order valence-corrected chi connectivity index (χ0v) is 12.7. The van der Waals surface area contributed by atoms with Gasteiger partial charge in [-0.25, -0.2) is 0 Å². The molecule has 1 aromatic rings. The average Bonchev–Trinajstić information content (AvgIpc) is 2.41. The molecule has 1 rings (SSSR count). The van der Waals surface area contributed by atoms with Crippen LogP contribution in [0, 0.1) is 5.92 Å². The summed E-state index contributed by atoms with van der Waals surface area (Å²) in [4.78, 5) is 0. The van der Waals surface area contributed by atoms with Crippen LogP contribution in [-0.2, 0) is 6.54 Å². The number of unbranched alkanes of at least 4 members (excludes halogenated alkanes) is 1. The lowest BCUT2D eigenvalue weighted by molar-refractivity contribution is -0.274. The molecule has 0 radical (unpaired) electrons. The predicted molar refractivity (Wildman–Crippen MR) is 78.1 cm³/mol. The van der Waals surface area contributed by atoms with Gasteiger partial charge >= 0.3 is 6.36 Å². The minimum atomic E-state index is -4.64. The van der Waals surface area contributed by atoms with E-state index < -0.39 is 6.36 Å². The summed E-state index contributed by atoms with van der Waals surface area (Å²) < 4.78 is 40.4. The first-order chi connectivity index (χ1) is 9.94. The van der Waals surface area contributed by atoms with Gasteiger partial charge in [0.25, 0.3) is 0 Å². The van der Waals surface area contributed by atoms with Crippen LogP contribution in [0.5, 0.6) is 5.75 Å². The van der Waals surface area contributed by atoms with Crippen LogP contribution in [0.25, 0.3) is 0 Å². The molecule has 1 aromatic carbocycles. The Balaban J connectivity index is 2.43. The molecule has 1 atom stereocenters. The summed E-state index contributed by atoms with van der Waals surface area (Å²) in [5.41, 5.74) is 0.794. The normalized spacial score (nSPS) is 13.2. The van der Waals surface area contributed by atoms with Crippen molar-refractivity contribution in [2.75, 3.05) is 6.54 Å². The van der Waals surface area contributed by atoms with Crippen molar-refractivity contribution in [1.82, 2.24) is 5.32 Å². The van der Waals surface area contributed by atoms with Gasteiger partial charge in [0, 0.05) is 6.54 Å². The average molecular weight is 303 g/mol. The Hall–Kier alpha value is -1.23. The Morgan fingerprint density at radius 3 is 2.62 bits per heavy atom. The molecule has 0 heterocycles. The number of halogens is 3. The fourth-order valence-corrected chi connectivity index (χ4v) is 2.22. The Kier molecular flexibility index (Phi) is 7.57. The van der Waals surface area contributed by atoms with Gasteiger partial charge in [0.2, 0.25) is 0 Å². The van der Waals surface area contributed by atoms with Gasteiger partial charge in [0.15, 0.2) is 0 Å². The van der Waals surface area contributed by atoms with Crippen molar-refractivity contribution in [2.24, 2.45) is 5.92 Å². The van der Waals surface area contributed by atoms with E-state index in [1.165, 1.54) is 31.4 Å². The number of rotatable bonds is 9. The van der Waals surface area contributed by atoms with Crippen LogP contribution in [0.3, 0.4) is 0 Å². The molecule has 0 spiro atoms. The van der Waals surface area contributed by atoms with Crippen LogP contribution in [0.15, 0.2) is 24.3 Å². The Bertz CT molecular complexity index is 407. The van der Waals surface area contributed by atoms with Crippen molar-refractivity contribution in [1.29, 1.82) is 0 Å². The highest BCUT2D eigenvalue weighted by Crippen LogP contribution is 2.23. The lowest BCUT2D eigenvalue weighted by Gasteiger charge is -2.15. The highest BCUT2D eigenvalue weighted by atomic mass is 19.4. The standard InChI is InChI=1S/C16H24F3NO/c1-3-5-7-13(4-2)11-20-12-14-8-6-9-15(10-14)21-16(17,18)19/h6,8-10,13,20H,3-5,7,11-12H2,1-2H3. The molecular weight excluding hydrogens is 279 g/mol. The minimum Gasteiger partial charge on any atom is -0.406 e. The monoisotopic (exact) mass is 303 g/mol. The third-order valence-electron chi connectivity index (χ3n) is 3.44. The molecule has 0 aromatic heterocycles. The van der Waals surface area contributed by atoms with Crippen molar-refractivity contribution < 1.29 is 17.9 Å². The highest BCUT2D eigenvalue weighted by Gasteiger charge is 2.31. The first kappa shape index (κ1) is 17.8. The molecule has 0 saturated heterocycles. The van der Waals surface area contributed by atoms with Gasteiger partial charge in [-0.3, -0.25) is 0 Å². The van der Waals surface area contributed by atoms with E-state index >= 15 is 0 Å². The minimum absolute atomic E-state index is 0.167. The molecule has 1 unspecified atom stereocenters. The topological polar surface area (TPSA) is 21.3 Å². The number of benzene rings is 1. The maximum atomic E-state index is 12.2. The van der Waals surface area contributed by atoms with E-state index in [0.717, 1.165) is 18.5 Å². The van der Waals surface area contributed by atoms with Crippen molar-refractivity contribution in [2.45, 2.75) is 52.4 Å². The summed E-state index contributed by atoms with van der Waals surface area (Å²) in [6, 6.07) is 6.11. The predicted octanol–water partition coefficient (Wildman–Crippen LogP) is 4.89. The number of hydrogen-bond acceptors (Lipinski definition) is 2. The zero-order chi connectivity index (χ0) is 15.7. The van der Waals surface area contributed by atoms with E-state index in [0.29, 0.717) is 12.5 Å². The van der Waals surface area contributed by atoms with Gasteiger partial charge in [-0.2, -0.15) is 0 Å². The number of alkyl halides is 3. The van der Waals surface area contributed by atoms with Gasteiger partial charge in [-0.1, -0.05) is 45.2 Å². The number of hydrogen-bond donors (Lipinski definition) is 1. The first-order valence-corrected chi connectivity index (χ1v) is 7.50. The lowest BCUT2D eigenvalue weighted by Crippen LogP contribution is -2.22. The van der Waals surface area contributed by atoms with E-state index in [2.05, 4.69) is 23.9 Å². The maximum Gasteiger partial charge on any atom is 0.573 e. The molecule has 0 saturated carbocycles. The SMILES string of the molecule is CCCCC(CC)CNCc1cccc(OC(F)(F)F)c1. The molecule has 21 heavy (non-hydrogen) atoms. The van der Waals surface area contributed by atoms with Gasteiger partial charge in [0.05, 0.1) is 0 Å². The molecule has 0 aliphatic rings. The molecule has 1 N–H and O–H groups in total. The van der Waals surface area contributed by atoms with Crippen LogP contribution >= 0.6 is 0 Å². The molecule has 5 heteroatoms. The van der Waals surface area contributed by atoms with Crippen molar-refractivity contribution in [3.8, 4) is 5.75 Å². The van der Waals surface area contributed by atoms with Crippen LogP contribution in [0.1, 0.15) is 45.1 Å². The van der Waals surface area contributed by atoms with E-state index in [9.17, 15) is 13.2 Å². The Morgan fingerprint density at radius 2 is 2.00 bits per heavy atom. The molecule has 120 valence electrons. The fraction of sp³-hybridized carbons (Fsp3) is 0.625. The van der Waals surface area contributed by atoms with Gasteiger partial charge in [-0.15, -0.1) is 13.2 Å². The van der Waals surface area contributed by atoms with Gasteiger partial charge in [-0.05, 0) is 36.6 Å². The smallest absolute Gasteiger partial charge is 0.406 e. The lowest BCUT2D eigenvalue weighted by atomic mass is 9.99. The highest BCUT2D eigenvalue weighted by molar-refractivity contribution is 5.28. The first-order valence-electron chi connectivity index (χ1n) is 7.50. The summed E-state index contributed by atoms with van der Waals surface area (Å²) in [5.74, 6) is 0.458. The number of nitrogens with one attached hydrogen (secondary N) is 1. The van der Waals surface area contributed by atoms with Gasteiger partial charge < -0.3 is 10.1 Å². The molecule has 0 amide bonds. The summed E-state index contributed by atoms with van der Waals surface area (Å²) in [6.07, 6.45) is 0.0728. The second kappa shape index (κ2) is 8.93. The Morgan fingerprint density at radius 1 is 1.24 bits per heavy atom. The van der Waals surface area contributed by atoms with E-state index in [4.69, 9.17) is 0 Å².